The van der Waals surface area contributed by atoms with Crippen LogP contribution in [0.5, 0.6) is 0 Å². The van der Waals surface area contributed by atoms with Crippen LogP contribution in [0, 0.1) is 11.8 Å². The molecule has 0 radical (unpaired) electrons. The maximum Gasteiger partial charge on any atom is 0.201 e. The van der Waals surface area contributed by atoms with Gasteiger partial charge >= 0.3 is 0 Å². The highest BCUT2D eigenvalue weighted by atomic mass is 35.5. The monoisotopic (exact) mass is 240 g/mol. The van der Waals surface area contributed by atoms with Crippen LogP contribution in [0.2, 0.25) is 5.22 Å². The van der Waals surface area contributed by atoms with Crippen LogP contribution in [-0.4, -0.2) is 5.78 Å². The Labute approximate surface area is 101 Å². The molecule has 3 heteroatoms. The van der Waals surface area contributed by atoms with E-state index in [2.05, 4.69) is 6.92 Å². The van der Waals surface area contributed by atoms with Crippen LogP contribution < -0.4 is 0 Å². The maximum atomic E-state index is 12.2. The van der Waals surface area contributed by atoms with E-state index >= 15 is 0 Å². The predicted octanol–water partition coefficient (Wildman–Crippen LogP) is 4.33. The molecule has 1 aromatic heterocycles. The first kappa shape index (κ1) is 11.7. The quantitative estimate of drug-likeness (QED) is 0.736. The van der Waals surface area contributed by atoms with Gasteiger partial charge in [-0.25, -0.2) is 0 Å². The number of furan rings is 1. The molecule has 1 aromatic rings. The number of hydrogen-bond donors (Lipinski definition) is 0. The van der Waals surface area contributed by atoms with Gasteiger partial charge in [0.25, 0.3) is 0 Å². The second-order valence-electron chi connectivity index (χ2n) is 4.53. The summed E-state index contributed by atoms with van der Waals surface area (Å²) in [5.41, 5.74) is 0. The SMILES string of the molecule is CCC1CCCCC1C(=O)c1ccc(Cl)o1. The highest BCUT2D eigenvalue weighted by Gasteiger charge is 2.31. The summed E-state index contributed by atoms with van der Waals surface area (Å²) >= 11 is 5.69. The summed E-state index contributed by atoms with van der Waals surface area (Å²) < 4.78 is 5.21. The van der Waals surface area contributed by atoms with Crippen LogP contribution in [-0.2, 0) is 0 Å². The zero-order chi connectivity index (χ0) is 11.5. The number of carbonyl (C=O) groups excluding carboxylic acids is 1. The van der Waals surface area contributed by atoms with E-state index in [4.69, 9.17) is 16.0 Å². The van der Waals surface area contributed by atoms with Crippen molar-refractivity contribution in [1.82, 2.24) is 0 Å². The van der Waals surface area contributed by atoms with E-state index in [1.807, 2.05) is 0 Å². The molecule has 1 fully saturated rings. The number of Topliss-reactive ketones (excluding diaryl/α,β-unsaturated/α-hetero) is 1. The fraction of sp³-hybridized carbons (Fsp3) is 0.615. The van der Waals surface area contributed by atoms with Gasteiger partial charge in [0.05, 0.1) is 0 Å². The molecular formula is C13H17ClO2. The Morgan fingerprint density at radius 1 is 1.44 bits per heavy atom. The lowest BCUT2D eigenvalue weighted by Gasteiger charge is -2.28. The molecule has 88 valence electrons. The first-order valence-electron chi connectivity index (χ1n) is 6.02. The second kappa shape index (κ2) is 5.05. The van der Waals surface area contributed by atoms with Crippen molar-refractivity contribution < 1.29 is 9.21 Å². The summed E-state index contributed by atoms with van der Waals surface area (Å²) in [6.07, 6.45) is 5.64. The molecule has 1 saturated carbocycles. The van der Waals surface area contributed by atoms with Crippen molar-refractivity contribution in [3.63, 3.8) is 0 Å². The number of hydrogen-bond acceptors (Lipinski definition) is 2. The van der Waals surface area contributed by atoms with Crippen LogP contribution in [0.25, 0.3) is 0 Å². The van der Waals surface area contributed by atoms with Crippen molar-refractivity contribution >= 4 is 17.4 Å². The molecule has 1 aliphatic carbocycles. The van der Waals surface area contributed by atoms with E-state index in [1.54, 1.807) is 12.1 Å². The molecule has 1 aliphatic rings. The molecule has 0 aliphatic heterocycles. The number of rotatable bonds is 3. The lowest BCUT2D eigenvalue weighted by Crippen LogP contribution is -2.26. The van der Waals surface area contributed by atoms with Crippen molar-refractivity contribution in [1.29, 1.82) is 0 Å². The zero-order valence-corrected chi connectivity index (χ0v) is 10.3. The maximum absolute atomic E-state index is 12.2. The minimum atomic E-state index is 0.137. The fourth-order valence-electron chi connectivity index (χ4n) is 2.67. The van der Waals surface area contributed by atoms with Crippen molar-refractivity contribution in [3.05, 3.63) is 23.1 Å². The molecule has 2 atom stereocenters. The molecule has 0 amide bonds. The molecule has 0 saturated heterocycles. The molecule has 0 aromatic carbocycles. The van der Waals surface area contributed by atoms with Crippen molar-refractivity contribution in [2.75, 3.05) is 0 Å². The third-order valence-corrected chi connectivity index (χ3v) is 3.79. The summed E-state index contributed by atoms with van der Waals surface area (Å²) in [5, 5.41) is 0.298. The lowest BCUT2D eigenvalue weighted by molar-refractivity contribution is 0.0791. The second-order valence-corrected chi connectivity index (χ2v) is 4.90. The summed E-state index contributed by atoms with van der Waals surface area (Å²) in [7, 11) is 0. The number of ketones is 1. The molecule has 2 unspecified atom stereocenters. The molecule has 2 rings (SSSR count). The molecule has 2 nitrogen and oxygen atoms in total. The molecule has 0 bridgehead atoms. The van der Waals surface area contributed by atoms with E-state index in [1.165, 1.54) is 12.8 Å². The van der Waals surface area contributed by atoms with Crippen LogP contribution in [0.15, 0.2) is 16.5 Å². The van der Waals surface area contributed by atoms with Gasteiger partial charge in [-0.3, -0.25) is 4.79 Å². The Morgan fingerprint density at radius 3 is 2.81 bits per heavy atom. The fourth-order valence-corrected chi connectivity index (χ4v) is 2.82. The molecular weight excluding hydrogens is 224 g/mol. The summed E-state index contributed by atoms with van der Waals surface area (Å²) in [5.74, 6) is 1.22. The Balaban J connectivity index is 2.13. The Hall–Kier alpha value is -0.760. The third-order valence-electron chi connectivity index (χ3n) is 3.59. The van der Waals surface area contributed by atoms with E-state index in [9.17, 15) is 4.79 Å². The van der Waals surface area contributed by atoms with Gasteiger partial charge in [-0.15, -0.1) is 0 Å². The van der Waals surface area contributed by atoms with Gasteiger partial charge in [0.1, 0.15) is 0 Å². The van der Waals surface area contributed by atoms with Gasteiger partial charge < -0.3 is 4.42 Å². The highest BCUT2D eigenvalue weighted by molar-refractivity contribution is 6.29. The van der Waals surface area contributed by atoms with Gasteiger partial charge in [-0.2, -0.15) is 0 Å². The van der Waals surface area contributed by atoms with E-state index in [-0.39, 0.29) is 11.7 Å². The van der Waals surface area contributed by atoms with Gasteiger partial charge in [0.2, 0.25) is 5.78 Å². The standard InChI is InChI=1S/C13H17ClO2/c1-2-9-5-3-4-6-10(9)13(15)11-7-8-12(14)16-11/h7-10H,2-6H2,1H3. The Bertz CT molecular complexity index is 370. The molecule has 0 N–H and O–H groups in total. The van der Waals surface area contributed by atoms with Crippen molar-refractivity contribution in [3.8, 4) is 0 Å². The first-order valence-corrected chi connectivity index (χ1v) is 6.39. The Kier molecular flexibility index (Phi) is 3.70. The number of carbonyl (C=O) groups is 1. The van der Waals surface area contributed by atoms with Gasteiger partial charge in [-0.1, -0.05) is 26.2 Å². The minimum Gasteiger partial charge on any atom is -0.442 e. The van der Waals surface area contributed by atoms with Crippen LogP contribution in [0.4, 0.5) is 0 Å². The van der Waals surface area contributed by atoms with E-state index < -0.39 is 0 Å². The van der Waals surface area contributed by atoms with Crippen LogP contribution >= 0.6 is 11.6 Å². The van der Waals surface area contributed by atoms with Crippen molar-refractivity contribution in [2.45, 2.75) is 39.0 Å². The largest absolute Gasteiger partial charge is 0.442 e. The number of halogens is 1. The summed E-state index contributed by atoms with van der Waals surface area (Å²) in [6.45, 7) is 2.16. The third kappa shape index (κ3) is 2.32. The molecule has 0 spiro atoms. The zero-order valence-electron chi connectivity index (χ0n) is 9.54. The normalized spacial score (nSPS) is 25.6. The minimum absolute atomic E-state index is 0.137. The Morgan fingerprint density at radius 2 is 2.19 bits per heavy atom. The molecule has 1 heterocycles. The van der Waals surface area contributed by atoms with E-state index in [0.717, 1.165) is 19.3 Å². The first-order chi connectivity index (χ1) is 7.72. The summed E-state index contributed by atoms with van der Waals surface area (Å²) in [4.78, 5) is 12.2. The van der Waals surface area contributed by atoms with Crippen molar-refractivity contribution in [2.24, 2.45) is 11.8 Å². The summed E-state index contributed by atoms with van der Waals surface area (Å²) in [6, 6.07) is 3.32. The van der Waals surface area contributed by atoms with Gasteiger partial charge in [0, 0.05) is 5.92 Å². The molecule has 16 heavy (non-hydrogen) atoms. The van der Waals surface area contributed by atoms with Crippen LogP contribution in [0.1, 0.15) is 49.6 Å². The topological polar surface area (TPSA) is 30.2 Å². The predicted molar refractivity (Wildman–Crippen MR) is 63.8 cm³/mol. The average Bonchev–Trinajstić information content (AvgIpc) is 2.75. The van der Waals surface area contributed by atoms with Gasteiger partial charge in [0.15, 0.2) is 11.0 Å². The van der Waals surface area contributed by atoms with Crippen LogP contribution in [0.3, 0.4) is 0 Å². The van der Waals surface area contributed by atoms with Gasteiger partial charge in [-0.05, 0) is 42.5 Å². The lowest BCUT2D eigenvalue weighted by atomic mass is 9.75. The highest BCUT2D eigenvalue weighted by Crippen LogP contribution is 2.34. The smallest absolute Gasteiger partial charge is 0.201 e. The van der Waals surface area contributed by atoms with E-state index in [0.29, 0.717) is 16.9 Å². The average molecular weight is 241 g/mol.